The molecule has 0 amide bonds. The monoisotopic (exact) mass is 232 g/mol. The minimum Gasteiger partial charge on any atom is -0.466 e. The lowest BCUT2D eigenvalue weighted by Gasteiger charge is -2.22. The fraction of sp³-hybridized carbons (Fsp3) is 0.917. The molecular formula is C12H24O4. The number of esters is 1. The molecule has 0 heterocycles. The Labute approximate surface area is 98.3 Å². The maximum absolute atomic E-state index is 11.4. The molecule has 0 radical (unpaired) electrons. The van der Waals surface area contributed by atoms with Crippen molar-refractivity contribution < 1.29 is 19.0 Å². The van der Waals surface area contributed by atoms with Crippen molar-refractivity contribution in [3.05, 3.63) is 0 Å². The van der Waals surface area contributed by atoms with Crippen LogP contribution in [0.2, 0.25) is 0 Å². The SMILES string of the molecule is CCCOC(=O)CC(OC(C)C)OC(C)C. The zero-order valence-electron chi connectivity index (χ0n) is 11.0. The third-order valence-corrected chi connectivity index (χ3v) is 1.65. The van der Waals surface area contributed by atoms with E-state index >= 15 is 0 Å². The summed E-state index contributed by atoms with van der Waals surface area (Å²) in [5, 5.41) is 0. The third-order valence-electron chi connectivity index (χ3n) is 1.65. The summed E-state index contributed by atoms with van der Waals surface area (Å²) in [6.07, 6.45) is 0.526. The lowest BCUT2D eigenvalue weighted by Crippen LogP contribution is -2.28. The summed E-state index contributed by atoms with van der Waals surface area (Å²) in [6, 6.07) is 0. The average Bonchev–Trinajstić information content (AvgIpc) is 2.12. The van der Waals surface area contributed by atoms with Crippen LogP contribution >= 0.6 is 0 Å². The van der Waals surface area contributed by atoms with Crippen molar-refractivity contribution in [1.82, 2.24) is 0 Å². The van der Waals surface area contributed by atoms with E-state index in [0.717, 1.165) is 6.42 Å². The van der Waals surface area contributed by atoms with Gasteiger partial charge in [0.15, 0.2) is 6.29 Å². The normalized spacial score (nSPS) is 11.5. The van der Waals surface area contributed by atoms with Gasteiger partial charge in [0.05, 0.1) is 25.2 Å². The predicted octanol–water partition coefficient (Wildman–Crippen LogP) is 2.51. The van der Waals surface area contributed by atoms with E-state index in [1.807, 2.05) is 34.6 Å². The summed E-state index contributed by atoms with van der Waals surface area (Å²) in [5.74, 6) is -0.270. The highest BCUT2D eigenvalue weighted by Crippen LogP contribution is 2.09. The molecule has 0 N–H and O–H groups in total. The van der Waals surface area contributed by atoms with Crippen LogP contribution in [0.15, 0.2) is 0 Å². The van der Waals surface area contributed by atoms with Gasteiger partial charge in [-0.1, -0.05) is 6.92 Å². The molecule has 16 heavy (non-hydrogen) atoms. The van der Waals surface area contributed by atoms with Gasteiger partial charge in [-0.3, -0.25) is 4.79 Å². The topological polar surface area (TPSA) is 44.8 Å². The van der Waals surface area contributed by atoms with Crippen LogP contribution in [0.4, 0.5) is 0 Å². The van der Waals surface area contributed by atoms with Crippen molar-refractivity contribution in [2.75, 3.05) is 6.61 Å². The molecule has 0 atom stereocenters. The van der Waals surface area contributed by atoms with Gasteiger partial charge in [0.25, 0.3) is 0 Å². The maximum Gasteiger partial charge on any atom is 0.310 e. The molecule has 4 nitrogen and oxygen atoms in total. The molecular weight excluding hydrogens is 208 g/mol. The van der Waals surface area contributed by atoms with Gasteiger partial charge in [0, 0.05) is 0 Å². The van der Waals surface area contributed by atoms with E-state index in [1.165, 1.54) is 0 Å². The van der Waals surface area contributed by atoms with Crippen molar-refractivity contribution in [2.45, 2.75) is 66.0 Å². The van der Waals surface area contributed by atoms with Crippen LogP contribution < -0.4 is 0 Å². The summed E-state index contributed by atoms with van der Waals surface area (Å²) in [6.45, 7) is 10.1. The summed E-state index contributed by atoms with van der Waals surface area (Å²) < 4.78 is 16.0. The van der Waals surface area contributed by atoms with E-state index in [4.69, 9.17) is 14.2 Å². The van der Waals surface area contributed by atoms with Gasteiger partial charge >= 0.3 is 5.97 Å². The van der Waals surface area contributed by atoms with E-state index in [2.05, 4.69) is 0 Å². The van der Waals surface area contributed by atoms with Crippen LogP contribution in [0, 0.1) is 0 Å². The maximum atomic E-state index is 11.4. The smallest absolute Gasteiger partial charge is 0.310 e. The average molecular weight is 232 g/mol. The van der Waals surface area contributed by atoms with Crippen molar-refractivity contribution in [3.8, 4) is 0 Å². The Morgan fingerprint density at radius 3 is 1.94 bits per heavy atom. The molecule has 0 saturated carbocycles. The van der Waals surface area contributed by atoms with Crippen molar-refractivity contribution >= 4 is 5.97 Å². The van der Waals surface area contributed by atoms with E-state index in [0.29, 0.717) is 6.61 Å². The molecule has 96 valence electrons. The molecule has 0 aromatic rings. The number of rotatable bonds is 8. The van der Waals surface area contributed by atoms with Gasteiger partial charge in [-0.15, -0.1) is 0 Å². The number of hydrogen-bond donors (Lipinski definition) is 0. The number of carbonyl (C=O) groups excluding carboxylic acids is 1. The Morgan fingerprint density at radius 1 is 1.06 bits per heavy atom. The fourth-order valence-corrected chi connectivity index (χ4v) is 1.15. The highest BCUT2D eigenvalue weighted by atomic mass is 16.7. The second-order valence-electron chi connectivity index (χ2n) is 4.22. The second-order valence-corrected chi connectivity index (χ2v) is 4.22. The van der Waals surface area contributed by atoms with Crippen LogP contribution in [0.3, 0.4) is 0 Å². The molecule has 0 fully saturated rings. The molecule has 0 aromatic heterocycles. The van der Waals surface area contributed by atoms with Gasteiger partial charge in [-0.2, -0.15) is 0 Å². The first-order valence-electron chi connectivity index (χ1n) is 5.92. The van der Waals surface area contributed by atoms with E-state index in [1.54, 1.807) is 0 Å². The lowest BCUT2D eigenvalue weighted by atomic mass is 10.3. The molecule has 0 saturated heterocycles. The van der Waals surface area contributed by atoms with Gasteiger partial charge < -0.3 is 14.2 Å². The summed E-state index contributed by atoms with van der Waals surface area (Å²) in [5.41, 5.74) is 0. The largest absolute Gasteiger partial charge is 0.466 e. The highest BCUT2D eigenvalue weighted by molar-refractivity contribution is 5.69. The molecule has 0 unspecified atom stereocenters. The Balaban J connectivity index is 4.03. The van der Waals surface area contributed by atoms with Gasteiger partial charge in [-0.25, -0.2) is 0 Å². The fourth-order valence-electron chi connectivity index (χ4n) is 1.15. The van der Waals surface area contributed by atoms with Crippen molar-refractivity contribution in [1.29, 1.82) is 0 Å². The third kappa shape index (κ3) is 8.68. The molecule has 0 aliphatic rings. The molecule has 0 aliphatic heterocycles. The Hall–Kier alpha value is -0.610. The molecule has 0 aliphatic carbocycles. The van der Waals surface area contributed by atoms with Crippen LogP contribution in [-0.4, -0.2) is 31.1 Å². The van der Waals surface area contributed by atoms with Crippen LogP contribution in [0.5, 0.6) is 0 Å². The van der Waals surface area contributed by atoms with Crippen molar-refractivity contribution in [3.63, 3.8) is 0 Å². The zero-order valence-corrected chi connectivity index (χ0v) is 11.0. The minimum atomic E-state index is -0.510. The first-order chi connectivity index (χ1) is 7.45. The van der Waals surface area contributed by atoms with Crippen LogP contribution in [-0.2, 0) is 19.0 Å². The zero-order chi connectivity index (χ0) is 12.6. The summed E-state index contributed by atoms with van der Waals surface area (Å²) in [4.78, 5) is 11.4. The van der Waals surface area contributed by atoms with Crippen LogP contribution in [0.1, 0.15) is 47.5 Å². The summed E-state index contributed by atoms with van der Waals surface area (Å²) in [7, 11) is 0. The van der Waals surface area contributed by atoms with Gasteiger partial charge in [0.2, 0.25) is 0 Å². The Morgan fingerprint density at radius 2 is 1.56 bits per heavy atom. The number of ether oxygens (including phenoxy) is 3. The Kier molecular flexibility index (Phi) is 8.21. The quantitative estimate of drug-likeness (QED) is 0.476. The van der Waals surface area contributed by atoms with E-state index in [9.17, 15) is 4.79 Å². The van der Waals surface area contributed by atoms with Crippen LogP contribution in [0.25, 0.3) is 0 Å². The second kappa shape index (κ2) is 8.53. The number of hydrogen-bond acceptors (Lipinski definition) is 4. The Bertz CT molecular complexity index is 179. The molecule has 0 bridgehead atoms. The lowest BCUT2D eigenvalue weighted by molar-refractivity contribution is -0.193. The molecule has 0 aromatic carbocycles. The van der Waals surface area contributed by atoms with E-state index < -0.39 is 6.29 Å². The van der Waals surface area contributed by atoms with Crippen molar-refractivity contribution in [2.24, 2.45) is 0 Å². The van der Waals surface area contributed by atoms with Gasteiger partial charge in [0.1, 0.15) is 0 Å². The minimum absolute atomic E-state index is 0.0303. The number of carbonyl (C=O) groups is 1. The summed E-state index contributed by atoms with van der Waals surface area (Å²) >= 11 is 0. The standard InChI is InChI=1S/C12H24O4/c1-6-7-14-11(13)8-12(15-9(2)3)16-10(4)5/h9-10,12H,6-8H2,1-5H3. The van der Waals surface area contributed by atoms with E-state index in [-0.39, 0.29) is 24.6 Å². The molecule has 4 heteroatoms. The van der Waals surface area contributed by atoms with Gasteiger partial charge in [-0.05, 0) is 34.1 Å². The molecule has 0 spiro atoms. The first kappa shape index (κ1) is 15.4. The first-order valence-corrected chi connectivity index (χ1v) is 5.92. The molecule has 0 rings (SSSR count). The highest BCUT2D eigenvalue weighted by Gasteiger charge is 2.18. The predicted molar refractivity (Wildman–Crippen MR) is 62.1 cm³/mol.